The summed E-state index contributed by atoms with van der Waals surface area (Å²) in [6.07, 6.45) is 0. The first-order valence-corrected chi connectivity index (χ1v) is 8.86. The van der Waals surface area contributed by atoms with Gasteiger partial charge in [0.1, 0.15) is 5.75 Å². The Balaban J connectivity index is 2.34. The maximum atomic E-state index is 12.5. The Labute approximate surface area is 133 Å². The lowest BCUT2D eigenvalue weighted by Gasteiger charge is -2.10. The zero-order valence-corrected chi connectivity index (χ0v) is 13.9. The van der Waals surface area contributed by atoms with Gasteiger partial charge in [0.15, 0.2) is 9.84 Å². The molecule has 2 rings (SSSR count). The molecule has 2 aromatic rings. The van der Waals surface area contributed by atoms with Gasteiger partial charge in [0.05, 0.1) is 22.9 Å². The predicted octanol–water partition coefficient (Wildman–Crippen LogP) is 3.40. The SMILES string of the molecule is CCOc1ccc(N)c(S(=O)(=O)Cc2ccc(Br)cc2)c1. The number of hydrogen-bond donors (Lipinski definition) is 1. The van der Waals surface area contributed by atoms with E-state index in [0.29, 0.717) is 17.9 Å². The Morgan fingerprint density at radius 3 is 2.43 bits per heavy atom. The maximum Gasteiger partial charge on any atom is 0.184 e. The van der Waals surface area contributed by atoms with Gasteiger partial charge in [-0.15, -0.1) is 0 Å². The number of ether oxygens (including phenoxy) is 1. The van der Waals surface area contributed by atoms with Crippen molar-refractivity contribution in [3.63, 3.8) is 0 Å². The van der Waals surface area contributed by atoms with E-state index in [2.05, 4.69) is 15.9 Å². The highest BCUT2D eigenvalue weighted by atomic mass is 79.9. The van der Waals surface area contributed by atoms with Crippen molar-refractivity contribution in [2.24, 2.45) is 0 Å². The lowest BCUT2D eigenvalue weighted by Crippen LogP contribution is -2.08. The second-order valence-corrected chi connectivity index (χ2v) is 7.39. The van der Waals surface area contributed by atoms with Crippen molar-refractivity contribution >= 4 is 31.5 Å². The fourth-order valence-electron chi connectivity index (χ4n) is 1.92. The summed E-state index contributed by atoms with van der Waals surface area (Å²) in [5, 5.41) is 0. The van der Waals surface area contributed by atoms with E-state index >= 15 is 0 Å². The number of rotatable bonds is 5. The Kier molecular flexibility index (Phi) is 4.90. The summed E-state index contributed by atoms with van der Waals surface area (Å²) in [7, 11) is -3.52. The quantitative estimate of drug-likeness (QED) is 0.819. The normalized spacial score (nSPS) is 11.3. The Hall–Kier alpha value is -1.53. The molecule has 0 saturated heterocycles. The Morgan fingerprint density at radius 2 is 1.81 bits per heavy atom. The van der Waals surface area contributed by atoms with Crippen LogP contribution in [0.2, 0.25) is 0 Å². The molecule has 0 saturated carbocycles. The lowest BCUT2D eigenvalue weighted by molar-refractivity contribution is 0.339. The van der Waals surface area contributed by atoms with Crippen molar-refractivity contribution < 1.29 is 13.2 Å². The van der Waals surface area contributed by atoms with Crippen LogP contribution in [0.3, 0.4) is 0 Å². The lowest BCUT2D eigenvalue weighted by atomic mass is 10.2. The first-order valence-electron chi connectivity index (χ1n) is 6.42. The number of benzene rings is 2. The molecule has 0 aliphatic rings. The van der Waals surface area contributed by atoms with Gasteiger partial charge in [-0.3, -0.25) is 0 Å². The van der Waals surface area contributed by atoms with Gasteiger partial charge >= 0.3 is 0 Å². The van der Waals surface area contributed by atoms with E-state index in [1.54, 1.807) is 24.3 Å². The number of hydrogen-bond acceptors (Lipinski definition) is 4. The highest BCUT2D eigenvalue weighted by Gasteiger charge is 2.19. The van der Waals surface area contributed by atoms with E-state index in [0.717, 1.165) is 4.47 Å². The van der Waals surface area contributed by atoms with Crippen LogP contribution >= 0.6 is 15.9 Å². The monoisotopic (exact) mass is 369 g/mol. The van der Waals surface area contributed by atoms with Gasteiger partial charge in [0.25, 0.3) is 0 Å². The van der Waals surface area contributed by atoms with Crippen molar-refractivity contribution in [1.82, 2.24) is 0 Å². The number of sulfone groups is 1. The van der Waals surface area contributed by atoms with Gasteiger partial charge < -0.3 is 10.5 Å². The van der Waals surface area contributed by atoms with E-state index in [4.69, 9.17) is 10.5 Å². The second kappa shape index (κ2) is 6.49. The predicted molar refractivity (Wildman–Crippen MR) is 87.1 cm³/mol. The molecule has 0 heterocycles. The smallest absolute Gasteiger partial charge is 0.184 e. The van der Waals surface area contributed by atoms with Gasteiger partial charge in [-0.2, -0.15) is 0 Å². The molecular formula is C15H16BrNO3S. The number of nitrogen functional groups attached to an aromatic ring is 1. The standard InChI is InChI=1S/C15H16BrNO3S/c1-2-20-13-7-8-14(17)15(9-13)21(18,19)10-11-3-5-12(16)6-4-11/h3-9H,2,10,17H2,1H3. The molecule has 2 N–H and O–H groups in total. The fourth-order valence-corrected chi connectivity index (χ4v) is 3.69. The molecule has 0 radical (unpaired) electrons. The molecule has 0 fully saturated rings. The highest BCUT2D eigenvalue weighted by Crippen LogP contribution is 2.27. The van der Waals surface area contributed by atoms with Gasteiger partial charge in [-0.05, 0) is 36.8 Å². The molecule has 0 aromatic heterocycles. The summed E-state index contributed by atoms with van der Waals surface area (Å²) in [6, 6.07) is 11.9. The number of halogens is 1. The van der Waals surface area contributed by atoms with E-state index in [-0.39, 0.29) is 16.3 Å². The molecule has 0 spiro atoms. The molecule has 0 bridgehead atoms. The van der Waals surface area contributed by atoms with Gasteiger partial charge in [0.2, 0.25) is 0 Å². The third-order valence-electron chi connectivity index (χ3n) is 2.90. The van der Waals surface area contributed by atoms with Crippen LogP contribution in [-0.4, -0.2) is 15.0 Å². The van der Waals surface area contributed by atoms with Crippen LogP contribution in [0.5, 0.6) is 5.75 Å². The Bertz CT molecular complexity index is 727. The summed E-state index contributed by atoms with van der Waals surface area (Å²) >= 11 is 3.32. The van der Waals surface area contributed by atoms with Crippen LogP contribution < -0.4 is 10.5 Å². The van der Waals surface area contributed by atoms with Crippen LogP contribution in [0.25, 0.3) is 0 Å². The largest absolute Gasteiger partial charge is 0.494 e. The minimum atomic E-state index is -3.52. The van der Waals surface area contributed by atoms with Crippen molar-refractivity contribution in [3.8, 4) is 5.75 Å². The third kappa shape index (κ3) is 3.98. The minimum absolute atomic E-state index is 0.0972. The zero-order valence-electron chi connectivity index (χ0n) is 11.5. The average molecular weight is 370 g/mol. The van der Waals surface area contributed by atoms with Crippen molar-refractivity contribution in [3.05, 3.63) is 52.5 Å². The Morgan fingerprint density at radius 1 is 1.14 bits per heavy atom. The molecule has 4 nitrogen and oxygen atoms in total. The van der Waals surface area contributed by atoms with Gasteiger partial charge in [-0.1, -0.05) is 28.1 Å². The molecule has 0 aliphatic carbocycles. The third-order valence-corrected chi connectivity index (χ3v) is 5.17. The topological polar surface area (TPSA) is 69.4 Å². The second-order valence-electron chi connectivity index (χ2n) is 4.52. The highest BCUT2D eigenvalue weighted by molar-refractivity contribution is 9.10. The summed E-state index contributed by atoms with van der Waals surface area (Å²) in [4.78, 5) is 0.108. The van der Waals surface area contributed by atoms with E-state index < -0.39 is 9.84 Å². The first-order chi connectivity index (χ1) is 9.92. The summed E-state index contributed by atoms with van der Waals surface area (Å²) < 4.78 is 31.3. The van der Waals surface area contributed by atoms with E-state index in [1.807, 2.05) is 19.1 Å². The molecule has 21 heavy (non-hydrogen) atoms. The van der Waals surface area contributed by atoms with Crippen LogP contribution in [0.4, 0.5) is 5.69 Å². The van der Waals surface area contributed by atoms with E-state index in [9.17, 15) is 8.42 Å². The summed E-state index contributed by atoms with van der Waals surface area (Å²) in [5.74, 6) is 0.404. The fraction of sp³-hybridized carbons (Fsp3) is 0.200. The molecule has 0 aliphatic heterocycles. The molecule has 0 unspecified atom stereocenters. The molecule has 0 amide bonds. The van der Waals surface area contributed by atoms with Crippen LogP contribution in [-0.2, 0) is 15.6 Å². The van der Waals surface area contributed by atoms with Crippen LogP contribution in [0.15, 0.2) is 51.8 Å². The molecule has 112 valence electrons. The maximum absolute atomic E-state index is 12.5. The molecular weight excluding hydrogens is 354 g/mol. The zero-order chi connectivity index (χ0) is 15.5. The van der Waals surface area contributed by atoms with Crippen molar-refractivity contribution in [1.29, 1.82) is 0 Å². The van der Waals surface area contributed by atoms with Gasteiger partial charge in [0, 0.05) is 10.5 Å². The summed E-state index contributed by atoms with van der Waals surface area (Å²) in [5.41, 5.74) is 6.75. The van der Waals surface area contributed by atoms with Crippen molar-refractivity contribution in [2.75, 3.05) is 12.3 Å². The first kappa shape index (κ1) is 15.9. The van der Waals surface area contributed by atoms with Crippen LogP contribution in [0, 0.1) is 0 Å². The molecule has 0 atom stereocenters. The number of nitrogens with two attached hydrogens (primary N) is 1. The molecule has 2 aromatic carbocycles. The summed E-state index contributed by atoms with van der Waals surface area (Å²) in [6.45, 7) is 2.31. The van der Waals surface area contributed by atoms with Gasteiger partial charge in [-0.25, -0.2) is 8.42 Å². The minimum Gasteiger partial charge on any atom is -0.494 e. The van der Waals surface area contributed by atoms with Crippen molar-refractivity contribution in [2.45, 2.75) is 17.6 Å². The number of anilines is 1. The average Bonchev–Trinajstić information content (AvgIpc) is 2.43. The van der Waals surface area contributed by atoms with E-state index in [1.165, 1.54) is 6.07 Å². The molecule has 6 heteroatoms. The van der Waals surface area contributed by atoms with Crippen LogP contribution in [0.1, 0.15) is 12.5 Å².